The van der Waals surface area contributed by atoms with E-state index in [1.54, 1.807) is 48.1 Å². The predicted octanol–water partition coefficient (Wildman–Crippen LogP) is 0.218. The number of pyridine rings is 1. The van der Waals surface area contributed by atoms with Gasteiger partial charge in [-0.05, 0) is 12.1 Å². The zero-order valence-corrected chi connectivity index (χ0v) is 13.9. The van der Waals surface area contributed by atoms with Crippen molar-refractivity contribution in [2.24, 2.45) is 21.1 Å². The van der Waals surface area contributed by atoms with Gasteiger partial charge in [0.15, 0.2) is 11.2 Å². The highest BCUT2D eigenvalue weighted by Crippen LogP contribution is 2.21. The minimum absolute atomic E-state index is 0.347. The number of nitrogens with zero attached hydrogens (tertiary/aromatic N) is 7. The number of hydrogen-bond acceptors (Lipinski definition) is 5. The molecule has 4 aromatic rings. The fourth-order valence-electron chi connectivity index (χ4n) is 2.85. The van der Waals surface area contributed by atoms with Gasteiger partial charge in [-0.2, -0.15) is 5.10 Å². The molecular weight excluding hydrogens is 322 g/mol. The molecular formula is C16H15N7O2. The van der Waals surface area contributed by atoms with Crippen molar-refractivity contribution in [3.8, 4) is 17.1 Å². The molecule has 0 radical (unpaired) electrons. The number of hydrogen-bond donors (Lipinski definition) is 0. The smallest absolute Gasteiger partial charge is 0.321 e. The Kier molecular flexibility index (Phi) is 3.17. The summed E-state index contributed by atoms with van der Waals surface area (Å²) in [6, 6.07) is 3.71. The SMILES string of the molecule is Cn1c(=O)c2c(nc(-c3cnn(-c4cccnc4)c3)n2C)n(C)c1=O. The highest BCUT2D eigenvalue weighted by molar-refractivity contribution is 5.76. The van der Waals surface area contributed by atoms with Crippen LogP contribution in [-0.4, -0.2) is 33.4 Å². The van der Waals surface area contributed by atoms with Crippen LogP contribution in [0.25, 0.3) is 28.2 Å². The van der Waals surface area contributed by atoms with E-state index in [-0.39, 0.29) is 5.56 Å². The molecule has 25 heavy (non-hydrogen) atoms. The molecule has 0 amide bonds. The van der Waals surface area contributed by atoms with Gasteiger partial charge in [0.2, 0.25) is 0 Å². The molecule has 0 saturated heterocycles. The third kappa shape index (κ3) is 2.12. The standard InChI is InChI=1S/C16H15N7O2/c1-20-12-14(21(2)16(25)22(3)15(12)24)19-13(20)10-7-18-23(9-10)11-5-4-6-17-8-11/h4-9H,1-3H3. The van der Waals surface area contributed by atoms with Gasteiger partial charge >= 0.3 is 5.69 Å². The third-order valence-electron chi connectivity index (χ3n) is 4.23. The first-order chi connectivity index (χ1) is 12.0. The van der Waals surface area contributed by atoms with Gasteiger partial charge in [-0.1, -0.05) is 0 Å². The van der Waals surface area contributed by atoms with Crippen LogP contribution in [0.4, 0.5) is 0 Å². The first-order valence-electron chi connectivity index (χ1n) is 7.57. The first-order valence-corrected chi connectivity index (χ1v) is 7.57. The molecule has 9 nitrogen and oxygen atoms in total. The van der Waals surface area contributed by atoms with E-state index in [9.17, 15) is 9.59 Å². The molecule has 0 atom stereocenters. The second kappa shape index (κ2) is 5.26. The van der Waals surface area contributed by atoms with Crippen molar-refractivity contribution in [2.75, 3.05) is 0 Å². The van der Waals surface area contributed by atoms with Crippen molar-refractivity contribution < 1.29 is 0 Å². The number of aryl methyl sites for hydroxylation is 2. The topological polar surface area (TPSA) is 92.5 Å². The molecule has 0 unspecified atom stereocenters. The molecule has 126 valence electrons. The van der Waals surface area contributed by atoms with Crippen molar-refractivity contribution in [1.29, 1.82) is 0 Å². The van der Waals surface area contributed by atoms with Crippen molar-refractivity contribution in [1.82, 2.24) is 33.4 Å². The van der Waals surface area contributed by atoms with Gasteiger partial charge in [-0.15, -0.1) is 0 Å². The van der Waals surface area contributed by atoms with Crippen LogP contribution in [-0.2, 0) is 21.1 Å². The summed E-state index contributed by atoms with van der Waals surface area (Å²) in [7, 11) is 4.80. The second-order valence-corrected chi connectivity index (χ2v) is 5.76. The number of imidazole rings is 1. The lowest BCUT2D eigenvalue weighted by Gasteiger charge is -2.03. The first kappa shape index (κ1) is 15.1. The molecule has 0 N–H and O–H groups in total. The van der Waals surface area contributed by atoms with E-state index < -0.39 is 5.69 Å². The minimum Gasteiger partial charge on any atom is -0.321 e. The van der Waals surface area contributed by atoms with E-state index in [2.05, 4.69) is 15.1 Å². The summed E-state index contributed by atoms with van der Waals surface area (Å²) in [6.07, 6.45) is 6.86. The Balaban J connectivity index is 1.95. The molecule has 0 bridgehead atoms. The van der Waals surface area contributed by atoms with Gasteiger partial charge in [0.1, 0.15) is 5.82 Å². The van der Waals surface area contributed by atoms with Crippen molar-refractivity contribution >= 4 is 11.2 Å². The average molecular weight is 337 g/mol. The monoisotopic (exact) mass is 337 g/mol. The quantitative estimate of drug-likeness (QED) is 0.522. The third-order valence-corrected chi connectivity index (χ3v) is 4.23. The maximum atomic E-state index is 12.5. The highest BCUT2D eigenvalue weighted by atomic mass is 16.2. The van der Waals surface area contributed by atoms with Crippen LogP contribution in [0.2, 0.25) is 0 Å². The lowest BCUT2D eigenvalue weighted by molar-refractivity contribution is 0.705. The zero-order valence-electron chi connectivity index (χ0n) is 13.9. The maximum Gasteiger partial charge on any atom is 0.332 e. The fraction of sp³-hybridized carbons (Fsp3) is 0.188. The van der Waals surface area contributed by atoms with E-state index in [0.29, 0.717) is 17.0 Å². The molecule has 0 aromatic carbocycles. The van der Waals surface area contributed by atoms with Crippen molar-refractivity contribution in [3.63, 3.8) is 0 Å². The Labute approximate surface area is 141 Å². The van der Waals surface area contributed by atoms with Crippen LogP contribution < -0.4 is 11.2 Å². The molecule has 0 fully saturated rings. The Hall–Kier alpha value is -3.49. The van der Waals surface area contributed by atoms with Crippen molar-refractivity contribution in [3.05, 3.63) is 57.8 Å². The molecule has 9 heteroatoms. The Morgan fingerprint density at radius 3 is 2.52 bits per heavy atom. The van der Waals surface area contributed by atoms with E-state index in [1.165, 1.54) is 11.6 Å². The summed E-state index contributed by atoms with van der Waals surface area (Å²) in [5, 5.41) is 4.33. The molecule has 0 aliphatic carbocycles. The van der Waals surface area contributed by atoms with Gasteiger partial charge < -0.3 is 4.57 Å². The van der Waals surface area contributed by atoms with Crippen LogP contribution in [0.5, 0.6) is 0 Å². The summed E-state index contributed by atoms with van der Waals surface area (Å²) in [5.74, 6) is 0.559. The summed E-state index contributed by atoms with van der Waals surface area (Å²) < 4.78 is 5.80. The highest BCUT2D eigenvalue weighted by Gasteiger charge is 2.18. The van der Waals surface area contributed by atoms with Gasteiger partial charge in [0, 0.05) is 33.5 Å². The molecule has 0 aliphatic rings. The normalized spacial score (nSPS) is 11.3. The minimum atomic E-state index is -0.409. The predicted molar refractivity (Wildman–Crippen MR) is 91.5 cm³/mol. The number of fused-ring (bicyclic) bond motifs is 1. The Bertz CT molecular complexity index is 1210. The summed E-state index contributed by atoms with van der Waals surface area (Å²) in [6.45, 7) is 0. The summed E-state index contributed by atoms with van der Waals surface area (Å²) >= 11 is 0. The Morgan fingerprint density at radius 1 is 1.00 bits per heavy atom. The summed E-state index contributed by atoms with van der Waals surface area (Å²) in [4.78, 5) is 33.1. The molecule has 4 aromatic heterocycles. The molecule has 4 heterocycles. The van der Waals surface area contributed by atoms with Crippen LogP contribution in [0.15, 0.2) is 46.5 Å². The molecule has 0 saturated carbocycles. The van der Waals surface area contributed by atoms with Crippen molar-refractivity contribution in [2.45, 2.75) is 0 Å². The molecule has 4 rings (SSSR count). The van der Waals surface area contributed by atoms with Gasteiger partial charge in [0.25, 0.3) is 5.56 Å². The Morgan fingerprint density at radius 2 is 1.80 bits per heavy atom. The van der Waals surface area contributed by atoms with Crippen LogP contribution in [0.3, 0.4) is 0 Å². The lowest BCUT2D eigenvalue weighted by Crippen LogP contribution is -2.37. The van der Waals surface area contributed by atoms with E-state index in [1.807, 2.05) is 12.1 Å². The zero-order chi connectivity index (χ0) is 17.7. The molecule has 0 spiro atoms. The lowest BCUT2D eigenvalue weighted by atomic mass is 10.3. The molecule has 0 aliphatic heterocycles. The van der Waals surface area contributed by atoms with E-state index >= 15 is 0 Å². The van der Waals surface area contributed by atoms with Crippen LogP contribution >= 0.6 is 0 Å². The fourth-order valence-corrected chi connectivity index (χ4v) is 2.85. The summed E-state index contributed by atoms with van der Waals surface area (Å²) in [5.41, 5.74) is 1.48. The van der Waals surface area contributed by atoms with E-state index in [4.69, 9.17) is 0 Å². The van der Waals surface area contributed by atoms with Gasteiger partial charge in [-0.3, -0.25) is 18.9 Å². The maximum absolute atomic E-state index is 12.5. The van der Waals surface area contributed by atoms with Gasteiger partial charge in [0.05, 0.1) is 23.6 Å². The van der Waals surface area contributed by atoms with E-state index in [0.717, 1.165) is 15.8 Å². The van der Waals surface area contributed by atoms with Gasteiger partial charge in [-0.25, -0.2) is 14.5 Å². The second-order valence-electron chi connectivity index (χ2n) is 5.76. The number of rotatable bonds is 2. The van der Waals surface area contributed by atoms with Crippen LogP contribution in [0, 0.1) is 0 Å². The number of aromatic nitrogens is 7. The average Bonchev–Trinajstić information content (AvgIpc) is 3.24. The van der Waals surface area contributed by atoms with Crippen LogP contribution in [0.1, 0.15) is 0 Å². The largest absolute Gasteiger partial charge is 0.332 e.